The van der Waals surface area contributed by atoms with Gasteiger partial charge in [-0.05, 0) is 43.9 Å². The first kappa shape index (κ1) is 14.7. The van der Waals surface area contributed by atoms with Crippen LogP contribution in [-0.2, 0) is 4.79 Å². The van der Waals surface area contributed by atoms with Crippen molar-refractivity contribution in [3.8, 4) is 0 Å². The van der Waals surface area contributed by atoms with Crippen LogP contribution < -0.4 is 0 Å². The molecule has 0 bridgehead atoms. The normalized spacial score (nSPS) is 28.8. The molecule has 0 amide bonds. The molecule has 2 nitrogen and oxygen atoms in total. The average Bonchev–Trinajstić information content (AvgIpc) is 2.16. The fraction of sp³-hybridized carbons (Fsp3) is 0.933. The molecular weight excluding hydrogens is 212 g/mol. The van der Waals surface area contributed by atoms with Crippen molar-refractivity contribution in [3.63, 3.8) is 0 Å². The molecule has 100 valence electrons. The number of carbonyl (C=O) groups is 1. The lowest BCUT2D eigenvalue weighted by molar-refractivity contribution is -0.130. The summed E-state index contributed by atoms with van der Waals surface area (Å²) in [5.41, 5.74) is -1.03. The van der Waals surface area contributed by atoms with Gasteiger partial charge in [0.05, 0.1) is 5.60 Å². The molecule has 17 heavy (non-hydrogen) atoms. The molecule has 0 heterocycles. The molecule has 1 fully saturated rings. The number of rotatable bonds is 4. The number of aldehydes is 1. The Morgan fingerprint density at radius 2 is 1.59 bits per heavy atom. The van der Waals surface area contributed by atoms with Crippen LogP contribution in [0.5, 0.6) is 0 Å². The van der Waals surface area contributed by atoms with Crippen LogP contribution in [0, 0.1) is 23.2 Å². The van der Waals surface area contributed by atoms with Gasteiger partial charge in [0.15, 0.2) is 0 Å². The minimum Gasteiger partial charge on any atom is -0.390 e. The Morgan fingerprint density at radius 1 is 1.12 bits per heavy atom. The second-order valence-electron chi connectivity index (χ2n) is 7.05. The Hall–Kier alpha value is -0.370. The van der Waals surface area contributed by atoms with E-state index in [9.17, 15) is 9.90 Å². The molecule has 1 atom stereocenters. The van der Waals surface area contributed by atoms with Gasteiger partial charge in [-0.2, -0.15) is 0 Å². The van der Waals surface area contributed by atoms with E-state index in [0.29, 0.717) is 5.92 Å². The van der Waals surface area contributed by atoms with Crippen LogP contribution >= 0.6 is 0 Å². The summed E-state index contributed by atoms with van der Waals surface area (Å²) < 4.78 is 0. The van der Waals surface area contributed by atoms with Gasteiger partial charge >= 0.3 is 0 Å². The number of hydrogen-bond donors (Lipinski definition) is 1. The van der Waals surface area contributed by atoms with Crippen molar-refractivity contribution in [2.75, 3.05) is 0 Å². The molecule has 1 aliphatic carbocycles. The highest BCUT2D eigenvalue weighted by molar-refractivity contribution is 5.57. The van der Waals surface area contributed by atoms with Gasteiger partial charge in [-0.1, -0.05) is 33.6 Å². The summed E-state index contributed by atoms with van der Waals surface area (Å²) in [6.07, 6.45) is 5.85. The van der Waals surface area contributed by atoms with Crippen molar-refractivity contribution < 1.29 is 9.90 Å². The van der Waals surface area contributed by atoms with E-state index in [4.69, 9.17) is 0 Å². The summed E-state index contributed by atoms with van der Waals surface area (Å²) in [5.74, 6) is 1.09. The molecule has 1 rings (SSSR count). The molecule has 2 heteroatoms. The van der Waals surface area contributed by atoms with Crippen molar-refractivity contribution in [1.29, 1.82) is 0 Å². The zero-order valence-corrected chi connectivity index (χ0v) is 12.0. The Balaban J connectivity index is 2.81. The Morgan fingerprint density at radius 3 is 1.94 bits per heavy atom. The Kier molecular flexibility index (Phi) is 4.40. The molecule has 0 aromatic rings. The van der Waals surface area contributed by atoms with E-state index in [1.54, 1.807) is 13.8 Å². The lowest BCUT2D eigenvalue weighted by Gasteiger charge is -2.45. The van der Waals surface area contributed by atoms with E-state index < -0.39 is 5.60 Å². The zero-order chi connectivity index (χ0) is 13.3. The van der Waals surface area contributed by atoms with Crippen molar-refractivity contribution in [2.45, 2.75) is 65.9 Å². The van der Waals surface area contributed by atoms with Crippen molar-refractivity contribution in [2.24, 2.45) is 23.2 Å². The molecule has 0 aliphatic heterocycles. The second-order valence-corrected chi connectivity index (χ2v) is 7.05. The third kappa shape index (κ3) is 3.31. The number of hydrogen-bond acceptors (Lipinski definition) is 2. The number of aliphatic hydroxyl groups is 1. The smallest absolute Gasteiger partial charge is 0.126 e. The fourth-order valence-electron chi connectivity index (χ4n) is 3.51. The van der Waals surface area contributed by atoms with Crippen LogP contribution in [0.1, 0.15) is 60.3 Å². The fourth-order valence-corrected chi connectivity index (χ4v) is 3.51. The topological polar surface area (TPSA) is 37.3 Å². The van der Waals surface area contributed by atoms with Gasteiger partial charge in [-0.3, -0.25) is 0 Å². The maximum Gasteiger partial charge on any atom is 0.126 e. The van der Waals surface area contributed by atoms with E-state index in [-0.39, 0.29) is 11.3 Å². The average molecular weight is 240 g/mol. The van der Waals surface area contributed by atoms with Gasteiger partial charge in [0.2, 0.25) is 0 Å². The van der Waals surface area contributed by atoms with Crippen molar-refractivity contribution >= 4 is 6.29 Å². The van der Waals surface area contributed by atoms with Crippen LogP contribution in [0.2, 0.25) is 0 Å². The standard InChI is InChI=1S/C15H28O2/c1-11-6-8-12(9-7-11)14(2,3)13(10-16)15(4,5)17/h10-13,17H,6-9H2,1-5H3. The molecule has 0 spiro atoms. The highest BCUT2D eigenvalue weighted by atomic mass is 16.3. The molecule has 1 saturated carbocycles. The summed E-state index contributed by atoms with van der Waals surface area (Å²) >= 11 is 0. The maximum absolute atomic E-state index is 11.3. The van der Waals surface area contributed by atoms with Crippen LogP contribution in [-0.4, -0.2) is 17.0 Å². The van der Waals surface area contributed by atoms with Crippen molar-refractivity contribution in [3.05, 3.63) is 0 Å². The van der Waals surface area contributed by atoms with Crippen LogP contribution in [0.25, 0.3) is 0 Å². The zero-order valence-electron chi connectivity index (χ0n) is 12.0. The molecule has 1 N–H and O–H groups in total. The SMILES string of the molecule is CC1CCC(C(C)(C)C(C=O)C(C)(C)O)CC1. The largest absolute Gasteiger partial charge is 0.390 e. The third-order valence-corrected chi connectivity index (χ3v) is 4.77. The van der Waals surface area contributed by atoms with Crippen LogP contribution in [0.15, 0.2) is 0 Å². The molecule has 1 unspecified atom stereocenters. The highest BCUT2D eigenvalue weighted by Crippen LogP contribution is 2.46. The first-order chi connectivity index (χ1) is 7.69. The van der Waals surface area contributed by atoms with Gasteiger partial charge in [-0.25, -0.2) is 0 Å². The minimum atomic E-state index is -0.922. The van der Waals surface area contributed by atoms with Crippen LogP contribution in [0.3, 0.4) is 0 Å². The first-order valence-corrected chi connectivity index (χ1v) is 6.87. The lowest BCUT2D eigenvalue weighted by Crippen LogP contribution is -2.46. The summed E-state index contributed by atoms with van der Waals surface area (Å²) in [6, 6.07) is 0. The molecule has 0 radical (unpaired) electrons. The third-order valence-electron chi connectivity index (χ3n) is 4.77. The summed E-state index contributed by atoms with van der Waals surface area (Å²) in [6.45, 7) is 10.1. The second kappa shape index (κ2) is 5.09. The quantitative estimate of drug-likeness (QED) is 0.764. The van der Waals surface area contributed by atoms with E-state index in [2.05, 4.69) is 20.8 Å². The molecular formula is C15H28O2. The van der Waals surface area contributed by atoms with Gasteiger partial charge in [-0.15, -0.1) is 0 Å². The molecule has 0 saturated heterocycles. The predicted molar refractivity (Wildman–Crippen MR) is 70.8 cm³/mol. The Labute approximate surface area is 106 Å². The van der Waals surface area contributed by atoms with Gasteiger partial charge in [0, 0.05) is 5.92 Å². The van der Waals surface area contributed by atoms with E-state index in [0.717, 1.165) is 12.2 Å². The van der Waals surface area contributed by atoms with Gasteiger partial charge in [0.1, 0.15) is 6.29 Å². The van der Waals surface area contributed by atoms with E-state index >= 15 is 0 Å². The van der Waals surface area contributed by atoms with Crippen molar-refractivity contribution in [1.82, 2.24) is 0 Å². The lowest BCUT2D eigenvalue weighted by atomic mass is 9.60. The van der Waals surface area contributed by atoms with E-state index in [1.165, 1.54) is 25.7 Å². The molecule has 0 aromatic heterocycles. The monoisotopic (exact) mass is 240 g/mol. The summed E-state index contributed by atoms with van der Waals surface area (Å²) in [5, 5.41) is 10.2. The first-order valence-electron chi connectivity index (χ1n) is 6.87. The maximum atomic E-state index is 11.3. The van der Waals surface area contributed by atoms with E-state index in [1.807, 2.05) is 0 Å². The summed E-state index contributed by atoms with van der Waals surface area (Å²) in [7, 11) is 0. The number of carbonyl (C=O) groups excluding carboxylic acids is 1. The minimum absolute atomic E-state index is 0.111. The van der Waals surface area contributed by atoms with Crippen LogP contribution in [0.4, 0.5) is 0 Å². The van der Waals surface area contributed by atoms with Gasteiger partial charge < -0.3 is 9.90 Å². The highest BCUT2D eigenvalue weighted by Gasteiger charge is 2.44. The van der Waals surface area contributed by atoms with Gasteiger partial charge in [0.25, 0.3) is 0 Å². The molecule has 1 aliphatic rings. The molecule has 0 aromatic carbocycles. The predicted octanol–water partition coefficient (Wildman–Crippen LogP) is 3.42. The Bertz CT molecular complexity index is 255. The summed E-state index contributed by atoms with van der Waals surface area (Å²) in [4.78, 5) is 11.3.